The van der Waals surface area contributed by atoms with Gasteiger partial charge in [-0.15, -0.1) is 0 Å². The lowest BCUT2D eigenvalue weighted by Gasteiger charge is -2.20. The summed E-state index contributed by atoms with van der Waals surface area (Å²) in [6, 6.07) is 2.18. The highest BCUT2D eigenvalue weighted by Gasteiger charge is 2.22. The van der Waals surface area contributed by atoms with Crippen LogP contribution in [-0.4, -0.2) is 0 Å². The quantitative estimate of drug-likeness (QED) is 0.716. The zero-order valence-electron chi connectivity index (χ0n) is 8.77. The Morgan fingerprint density at radius 2 is 2.06 bits per heavy atom. The van der Waals surface area contributed by atoms with Crippen LogP contribution >= 0.6 is 23.2 Å². The van der Waals surface area contributed by atoms with Gasteiger partial charge < -0.3 is 5.73 Å². The molecule has 0 aliphatic heterocycles. The molecule has 1 aromatic carbocycles. The third-order valence-corrected chi connectivity index (χ3v) is 3.80. The predicted octanol–water partition coefficient (Wildman–Crippen LogP) is 3.74. The van der Waals surface area contributed by atoms with E-state index < -0.39 is 0 Å². The maximum absolute atomic E-state index is 9.08. The number of fused-ring (bicyclic) bond motifs is 1. The monoisotopic (exact) mass is 252 g/mol. The topological polar surface area (TPSA) is 49.8 Å². The average molecular weight is 253 g/mol. The van der Waals surface area contributed by atoms with Gasteiger partial charge in [0.15, 0.2) is 0 Å². The number of benzene rings is 1. The Balaban J connectivity index is 2.84. The Hall–Kier alpha value is -1.17. The van der Waals surface area contributed by atoms with E-state index in [1.54, 1.807) is 0 Å². The summed E-state index contributed by atoms with van der Waals surface area (Å²) < 4.78 is 0. The molecule has 0 saturated heterocycles. The van der Waals surface area contributed by atoms with Crippen molar-refractivity contribution in [2.75, 3.05) is 5.73 Å². The van der Waals surface area contributed by atoms with Gasteiger partial charge in [-0.05, 0) is 30.9 Å². The van der Waals surface area contributed by atoms with Crippen LogP contribution in [0.1, 0.15) is 23.1 Å². The van der Waals surface area contributed by atoms with Crippen molar-refractivity contribution in [2.45, 2.75) is 19.8 Å². The number of nitrogens with two attached hydrogens (primary N) is 1. The van der Waals surface area contributed by atoms with Gasteiger partial charge in [-0.2, -0.15) is 5.26 Å². The van der Waals surface area contributed by atoms with Crippen molar-refractivity contribution >= 4 is 34.5 Å². The minimum Gasteiger partial charge on any atom is -0.396 e. The van der Waals surface area contributed by atoms with Crippen molar-refractivity contribution in [2.24, 2.45) is 0 Å². The van der Waals surface area contributed by atoms with Crippen LogP contribution in [-0.2, 0) is 6.42 Å². The number of anilines is 1. The van der Waals surface area contributed by atoms with Gasteiger partial charge in [-0.1, -0.05) is 29.3 Å². The minimum atomic E-state index is 0.416. The summed E-state index contributed by atoms with van der Waals surface area (Å²) >= 11 is 12.3. The average Bonchev–Trinajstić information content (AvgIpc) is 2.32. The molecule has 0 heterocycles. The summed E-state index contributed by atoms with van der Waals surface area (Å²) in [5.41, 5.74) is 9.53. The molecule has 4 heteroatoms. The number of rotatable bonds is 0. The molecule has 0 bridgehead atoms. The van der Waals surface area contributed by atoms with E-state index in [4.69, 9.17) is 34.2 Å². The molecule has 2 rings (SSSR count). The van der Waals surface area contributed by atoms with Gasteiger partial charge in [-0.3, -0.25) is 0 Å². The second-order valence-corrected chi connectivity index (χ2v) is 4.54. The summed E-state index contributed by atoms with van der Waals surface area (Å²) in [6.07, 6.45) is 3.54. The molecule has 1 aliphatic carbocycles. The third-order valence-electron chi connectivity index (χ3n) is 2.88. The van der Waals surface area contributed by atoms with Gasteiger partial charge in [0, 0.05) is 5.56 Å². The zero-order chi connectivity index (χ0) is 11.9. The fraction of sp³-hybridized carbons (Fsp3) is 0.250. The third kappa shape index (κ3) is 1.48. The second-order valence-electron chi connectivity index (χ2n) is 3.79. The number of hydrogen-bond acceptors (Lipinski definition) is 2. The lowest BCUT2D eigenvalue weighted by Crippen LogP contribution is -2.06. The summed E-state index contributed by atoms with van der Waals surface area (Å²) in [5.74, 6) is 0. The van der Waals surface area contributed by atoms with E-state index in [9.17, 15) is 0 Å². The van der Waals surface area contributed by atoms with Gasteiger partial charge in [-0.25, -0.2) is 0 Å². The van der Waals surface area contributed by atoms with E-state index in [1.807, 2.05) is 13.0 Å². The van der Waals surface area contributed by atoms with Gasteiger partial charge >= 0.3 is 0 Å². The largest absolute Gasteiger partial charge is 0.396 e. The summed E-state index contributed by atoms with van der Waals surface area (Å²) in [7, 11) is 0. The highest BCUT2D eigenvalue weighted by Crippen LogP contribution is 2.42. The van der Waals surface area contributed by atoms with Crippen molar-refractivity contribution in [3.8, 4) is 6.07 Å². The van der Waals surface area contributed by atoms with Gasteiger partial charge in [0.2, 0.25) is 0 Å². The molecule has 0 radical (unpaired) electrons. The van der Waals surface area contributed by atoms with Crippen molar-refractivity contribution in [3.63, 3.8) is 0 Å². The van der Waals surface area contributed by atoms with Gasteiger partial charge in [0.1, 0.15) is 0 Å². The minimum absolute atomic E-state index is 0.416. The summed E-state index contributed by atoms with van der Waals surface area (Å²) in [6.45, 7) is 1.87. The van der Waals surface area contributed by atoms with Gasteiger partial charge in [0.25, 0.3) is 0 Å². The highest BCUT2D eigenvalue weighted by molar-refractivity contribution is 6.40. The molecule has 0 fully saturated rings. The van der Waals surface area contributed by atoms with E-state index in [0.717, 1.165) is 29.5 Å². The molecule has 0 amide bonds. The van der Waals surface area contributed by atoms with Crippen LogP contribution in [0.4, 0.5) is 5.69 Å². The maximum atomic E-state index is 9.08. The molecule has 16 heavy (non-hydrogen) atoms. The van der Waals surface area contributed by atoms with Crippen LogP contribution in [0.3, 0.4) is 0 Å². The Bertz CT molecular complexity index is 539. The van der Waals surface area contributed by atoms with Crippen molar-refractivity contribution in [1.82, 2.24) is 0 Å². The van der Waals surface area contributed by atoms with Gasteiger partial charge in [0.05, 0.1) is 27.4 Å². The van der Waals surface area contributed by atoms with Crippen LogP contribution in [0.15, 0.2) is 6.08 Å². The van der Waals surface area contributed by atoms with E-state index in [1.165, 1.54) is 0 Å². The first-order valence-corrected chi connectivity index (χ1v) is 5.70. The smallest absolute Gasteiger partial charge is 0.0994 e. The van der Waals surface area contributed by atoms with Crippen molar-refractivity contribution < 1.29 is 0 Å². The Morgan fingerprint density at radius 1 is 1.38 bits per heavy atom. The molecule has 2 nitrogen and oxygen atoms in total. The normalized spacial score (nSPS) is 14.0. The predicted molar refractivity (Wildman–Crippen MR) is 67.5 cm³/mol. The fourth-order valence-corrected chi connectivity index (χ4v) is 2.59. The maximum Gasteiger partial charge on any atom is 0.0994 e. The summed E-state index contributed by atoms with van der Waals surface area (Å²) in [5, 5.41) is 10.0. The van der Waals surface area contributed by atoms with Crippen LogP contribution in [0, 0.1) is 18.3 Å². The van der Waals surface area contributed by atoms with Crippen LogP contribution in [0.2, 0.25) is 10.0 Å². The Morgan fingerprint density at radius 3 is 2.69 bits per heavy atom. The lowest BCUT2D eigenvalue weighted by molar-refractivity contribution is 0.976. The first-order chi connectivity index (χ1) is 7.57. The molecule has 2 N–H and O–H groups in total. The molecular weight excluding hydrogens is 243 g/mol. The standard InChI is InChI=1S/C12H10Cl2N2/c1-6-9-7(5-15)3-2-4-8(9)11(14)12(16)10(6)13/h3H,2,4,16H2,1H3. The number of nitrogen functional groups attached to an aromatic ring is 1. The van der Waals surface area contributed by atoms with Crippen LogP contribution in [0.25, 0.3) is 5.57 Å². The molecule has 1 aliphatic rings. The van der Waals surface area contributed by atoms with Crippen LogP contribution in [0.5, 0.6) is 0 Å². The fourth-order valence-electron chi connectivity index (χ4n) is 2.07. The SMILES string of the molecule is Cc1c(Cl)c(N)c(Cl)c2c1C(C#N)=CCC2. The van der Waals surface area contributed by atoms with Crippen molar-refractivity contribution in [3.05, 3.63) is 32.8 Å². The summed E-state index contributed by atoms with van der Waals surface area (Å²) in [4.78, 5) is 0. The highest BCUT2D eigenvalue weighted by atomic mass is 35.5. The first kappa shape index (κ1) is 11.3. The van der Waals surface area contributed by atoms with E-state index in [-0.39, 0.29) is 0 Å². The first-order valence-electron chi connectivity index (χ1n) is 4.94. The number of nitriles is 1. The molecule has 82 valence electrons. The lowest BCUT2D eigenvalue weighted by atomic mass is 9.87. The number of halogens is 2. The van der Waals surface area contributed by atoms with E-state index >= 15 is 0 Å². The Labute approximate surface area is 104 Å². The van der Waals surface area contributed by atoms with Crippen molar-refractivity contribution in [1.29, 1.82) is 5.26 Å². The molecule has 0 saturated carbocycles. The molecule has 1 aromatic rings. The van der Waals surface area contributed by atoms with Crippen LogP contribution < -0.4 is 5.73 Å². The molecule has 0 unspecified atom stereocenters. The zero-order valence-corrected chi connectivity index (χ0v) is 10.3. The number of hydrogen-bond donors (Lipinski definition) is 1. The second kappa shape index (κ2) is 4.01. The van der Waals surface area contributed by atoms with E-state index in [2.05, 4.69) is 6.07 Å². The Kier molecular flexibility index (Phi) is 2.84. The molecular formula is C12H10Cl2N2. The number of nitrogens with zero attached hydrogens (tertiary/aromatic N) is 1. The molecule has 0 aromatic heterocycles. The van der Waals surface area contributed by atoms with E-state index in [0.29, 0.717) is 21.3 Å². The molecule has 0 atom stereocenters. The number of allylic oxidation sites excluding steroid dienone is 2. The molecule has 0 spiro atoms.